The van der Waals surface area contributed by atoms with Gasteiger partial charge in [-0.3, -0.25) is 4.79 Å². The van der Waals surface area contributed by atoms with E-state index in [4.69, 9.17) is 4.74 Å². The maximum atomic E-state index is 11.2. The van der Waals surface area contributed by atoms with Crippen molar-refractivity contribution in [2.24, 2.45) is 0 Å². The van der Waals surface area contributed by atoms with Gasteiger partial charge in [0.05, 0.1) is 13.0 Å². The third kappa shape index (κ3) is 23.9. The van der Waals surface area contributed by atoms with E-state index in [1.54, 1.807) is 0 Å². The molecule has 168 valence electrons. The van der Waals surface area contributed by atoms with Crippen LogP contribution in [0.15, 0.2) is 0 Å². The molecule has 0 spiro atoms. The van der Waals surface area contributed by atoms with Gasteiger partial charge in [0.1, 0.15) is 0 Å². The highest BCUT2D eigenvalue weighted by Crippen LogP contribution is 2.14. The normalized spacial score (nSPS) is 11.1. The SMILES string of the molecule is CCCCCCCCCCCCCCCCCCCCCCOC(=O)CCS. The van der Waals surface area contributed by atoms with Gasteiger partial charge in [-0.2, -0.15) is 12.6 Å². The monoisotopic (exact) mass is 414 g/mol. The topological polar surface area (TPSA) is 26.3 Å². The molecule has 0 aliphatic heterocycles. The maximum absolute atomic E-state index is 11.2. The van der Waals surface area contributed by atoms with Crippen molar-refractivity contribution in [1.82, 2.24) is 0 Å². The third-order valence-corrected chi connectivity index (χ3v) is 5.80. The average Bonchev–Trinajstić information content (AvgIpc) is 2.69. The number of carbonyl (C=O) groups is 1. The maximum Gasteiger partial charge on any atom is 0.306 e. The van der Waals surface area contributed by atoms with Crippen molar-refractivity contribution in [3.63, 3.8) is 0 Å². The fourth-order valence-corrected chi connectivity index (χ4v) is 3.89. The molecular weight excluding hydrogens is 364 g/mol. The third-order valence-electron chi connectivity index (χ3n) is 5.58. The first-order valence-corrected chi connectivity index (χ1v) is 13.2. The molecule has 0 fully saturated rings. The molecule has 28 heavy (non-hydrogen) atoms. The van der Waals surface area contributed by atoms with E-state index in [9.17, 15) is 4.79 Å². The van der Waals surface area contributed by atoms with Crippen LogP contribution in [0.3, 0.4) is 0 Å². The molecule has 0 N–H and O–H groups in total. The van der Waals surface area contributed by atoms with Gasteiger partial charge in [0, 0.05) is 5.75 Å². The Morgan fingerprint density at radius 2 is 0.893 bits per heavy atom. The lowest BCUT2D eigenvalue weighted by molar-refractivity contribution is -0.143. The van der Waals surface area contributed by atoms with Gasteiger partial charge in [-0.1, -0.05) is 129 Å². The van der Waals surface area contributed by atoms with Crippen molar-refractivity contribution in [2.75, 3.05) is 12.4 Å². The largest absolute Gasteiger partial charge is 0.466 e. The van der Waals surface area contributed by atoms with E-state index in [-0.39, 0.29) is 5.97 Å². The second-order valence-corrected chi connectivity index (χ2v) is 8.86. The molecule has 0 rings (SSSR count). The molecule has 0 aliphatic rings. The van der Waals surface area contributed by atoms with Crippen LogP contribution in [0.4, 0.5) is 0 Å². The number of rotatable bonds is 23. The number of esters is 1. The average molecular weight is 415 g/mol. The van der Waals surface area contributed by atoms with Crippen LogP contribution in [-0.2, 0) is 9.53 Å². The molecule has 0 aromatic heterocycles. The minimum absolute atomic E-state index is 0.104. The van der Waals surface area contributed by atoms with Gasteiger partial charge in [-0.15, -0.1) is 0 Å². The Bertz CT molecular complexity index is 307. The lowest BCUT2D eigenvalue weighted by Gasteiger charge is -2.05. The molecular formula is C25H50O2S. The van der Waals surface area contributed by atoms with Crippen LogP contribution in [0.2, 0.25) is 0 Å². The first-order chi connectivity index (χ1) is 13.8. The summed E-state index contributed by atoms with van der Waals surface area (Å²) in [7, 11) is 0. The lowest BCUT2D eigenvalue weighted by atomic mass is 10.0. The quantitative estimate of drug-likeness (QED) is 0.103. The Morgan fingerprint density at radius 3 is 1.21 bits per heavy atom. The second-order valence-electron chi connectivity index (χ2n) is 8.41. The minimum Gasteiger partial charge on any atom is -0.466 e. The van der Waals surface area contributed by atoms with Crippen LogP contribution in [0.5, 0.6) is 0 Å². The van der Waals surface area contributed by atoms with Crippen LogP contribution < -0.4 is 0 Å². The molecule has 3 heteroatoms. The highest BCUT2D eigenvalue weighted by molar-refractivity contribution is 7.80. The van der Waals surface area contributed by atoms with Gasteiger partial charge in [-0.25, -0.2) is 0 Å². The molecule has 0 aromatic carbocycles. The molecule has 0 aromatic rings. The highest BCUT2D eigenvalue weighted by Gasteiger charge is 2.00. The van der Waals surface area contributed by atoms with Gasteiger partial charge in [0.25, 0.3) is 0 Å². The van der Waals surface area contributed by atoms with Crippen LogP contribution in [0.1, 0.15) is 142 Å². The van der Waals surface area contributed by atoms with E-state index < -0.39 is 0 Å². The standard InChI is InChI=1S/C25H50O2S/c1-2-3-4-5-6-7-8-9-10-11-12-13-14-15-16-17-18-19-20-21-23-27-25(26)22-24-28/h28H,2-24H2,1H3. The van der Waals surface area contributed by atoms with E-state index in [0.717, 1.165) is 6.42 Å². The van der Waals surface area contributed by atoms with Gasteiger partial charge in [-0.05, 0) is 6.42 Å². The molecule has 0 aliphatic carbocycles. The van der Waals surface area contributed by atoms with Crippen molar-refractivity contribution in [2.45, 2.75) is 142 Å². The number of unbranched alkanes of at least 4 members (excludes halogenated alkanes) is 19. The summed E-state index contributed by atoms with van der Waals surface area (Å²) in [6, 6.07) is 0. The van der Waals surface area contributed by atoms with Crippen molar-refractivity contribution in [1.29, 1.82) is 0 Å². The fraction of sp³-hybridized carbons (Fsp3) is 0.960. The van der Waals surface area contributed by atoms with Gasteiger partial charge < -0.3 is 4.74 Å². The summed E-state index contributed by atoms with van der Waals surface area (Å²) >= 11 is 4.03. The van der Waals surface area contributed by atoms with E-state index in [2.05, 4.69) is 19.6 Å². The second kappa shape index (κ2) is 24.9. The zero-order valence-corrected chi connectivity index (χ0v) is 19.9. The Morgan fingerprint density at radius 1 is 0.571 bits per heavy atom. The van der Waals surface area contributed by atoms with Crippen LogP contribution in [0, 0.1) is 0 Å². The molecule has 0 unspecified atom stereocenters. The van der Waals surface area contributed by atoms with E-state index in [1.807, 2.05) is 0 Å². The number of hydrogen-bond donors (Lipinski definition) is 1. The molecule has 2 nitrogen and oxygen atoms in total. The summed E-state index contributed by atoms with van der Waals surface area (Å²) < 4.78 is 5.13. The van der Waals surface area contributed by atoms with E-state index in [0.29, 0.717) is 18.8 Å². The fourth-order valence-electron chi connectivity index (χ4n) is 3.71. The zero-order valence-electron chi connectivity index (χ0n) is 19.0. The molecule has 0 atom stereocenters. The van der Waals surface area contributed by atoms with Crippen molar-refractivity contribution >= 4 is 18.6 Å². The molecule has 0 radical (unpaired) electrons. The van der Waals surface area contributed by atoms with Crippen molar-refractivity contribution < 1.29 is 9.53 Å². The first-order valence-electron chi connectivity index (χ1n) is 12.6. The van der Waals surface area contributed by atoms with Crippen LogP contribution in [0.25, 0.3) is 0 Å². The zero-order chi connectivity index (χ0) is 20.5. The molecule has 0 saturated carbocycles. The van der Waals surface area contributed by atoms with E-state index >= 15 is 0 Å². The predicted octanol–water partition coefficient (Wildman–Crippen LogP) is 8.67. The van der Waals surface area contributed by atoms with Gasteiger partial charge >= 0.3 is 5.97 Å². The lowest BCUT2D eigenvalue weighted by Crippen LogP contribution is -2.06. The molecule has 0 saturated heterocycles. The smallest absolute Gasteiger partial charge is 0.306 e. The summed E-state index contributed by atoms with van der Waals surface area (Å²) in [4.78, 5) is 11.2. The number of thiol groups is 1. The number of hydrogen-bond acceptors (Lipinski definition) is 3. The van der Waals surface area contributed by atoms with Gasteiger partial charge in [0.15, 0.2) is 0 Å². The first kappa shape index (κ1) is 27.8. The predicted molar refractivity (Wildman–Crippen MR) is 127 cm³/mol. The summed E-state index contributed by atoms with van der Waals surface area (Å²) in [6.45, 7) is 2.88. The van der Waals surface area contributed by atoms with Crippen molar-refractivity contribution in [3.05, 3.63) is 0 Å². The summed E-state index contributed by atoms with van der Waals surface area (Å²) in [5.74, 6) is 0.478. The molecule has 0 amide bonds. The Labute approximate surface area is 182 Å². The Kier molecular flexibility index (Phi) is 24.7. The minimum atomic E-state index is -0.104. The molecule has 0 heterocycles. The highest BCUT2D eigenvalue weighted by atomic mass is 32.1. The summed E-state index contributed by atoms with van der Waals surface area (Å²) in [5, 5.41) is 0. The van der Waals surface area contributed by atoms with E-state index in [1.165, 1.54) is 122 Å². The Balaban J connectivity index is 3.02. The van der Waals surface area contributed by atoms with Crippen LogP contribution in [-0.4, -0.2) is 18.3 Å². The van der Waals surface area contributed by atoms with Crippen molar-refractivity contribution in [3.8, 4) is 0 Å². The van der Waals surface area contributed by atoms with Gasteiger partial charge in [0.2, 0.25) is 0 Å². The number of carbonyl (C=O) groups excluding carboxylic acids is 1. The molecule has 0 bridgehead atoms. The number of ether oxygens (including phenoxy) is 1. The summed E-state index contributed by atoms with van der Waals surface area (Å²) in [5.41, 5.74) is 0. The van der Waals surface area contributed by atoms with Crippen LogP contribution >= 0.6 is 12.6 Å². The Hall–Kier alpha value is -0.180. The summed E-state index contributed by atoms with van der Waals surface area (Å²) in [6.07, 6.45) is 28.2.